The van der Waals surface area contributed by atoms with E-state index in [9.17, 15) is 4.79 Å². The van der Waals surface area contributed by atoms with Crippen LogP contribution < -0.4 is 10.3 Å². The van der Waals surface area contributed by atoms with Gasteiger partial charge in [0.2, 0.25) is 5.56 Å². The predicted octanol–water partition coefficient (Wildman–Crippen LogP) is 4.13. The van der Waals surface area contributed by atoms with E-state index in [-0.39, 0.29) is 11.7 Å². The molecule has 140 valence electrons. The number of piperidine rings is 1. The van der Waals surface area contributed by atoms with Gasteiger partial charge in [-0.2, -0.15) is 0 Å². The Kier molecular flexibility index (Phi) is 5.26. The van der Waals surface area contributed by atoms with Crippen LogP contribution in [0.25, 0.3) is 10.9 Å². The molecule has 1 aliphatic rings. The topological polar surface area (TPSA) is 45.3 Å². The Hall–Kier alpha value is -2.59. The van der Waals surface area contributed by atoms with Gasteiger partial charge in [-0.1, -0.05) is 31.2 Å². The zero-order valence-corrected chi connectivity index (χ0v) is 15.8. The van der Waals surface area contributed by atoms with Crippen molar-refractivity contribution in [3.8, 4) is 5.75 Å². The summed E-state index contributed by atoms with van der Waals surface area (Å²) in [6.45, 7) is 5.37. The van der Waals surface area contributed by atoms with Crippen molar-refractivity contribution in [3.63, 3.8) is 0 Å². The maximum Gasteiger partial charge on any atom is 0.248 e. The third kappa shape index (κ3) is 4.22. The Labute approximate surface area is 159 Å². The first-order valence-electron chi connectivity index (χ1n) is 9.80. The molecule has 0 unspecified atom stereocenters. The molecule has 0 amide bonds. The fraction of sp³-hybridized carbons (Fsp3) is 0.348. The third-order valence-electron chi connectivity index (χ3n) is 5.43. The molecule has 2 aromatic carbocycles. The summed E-state index contributed by atoms with van der Waals surface area (Å²) in [7, 11) is 0. The molecule has 0 spiro atoms. The molecule has 4 rings (SSSR count). The Bertz CT molecular complexity index is 971. The third-order valence-corrected chi connectivity index (χ3v) is 5.43. The first-order chi connectivity index (χ1) is 13.2. The number of H-pyrrole nitrogens is 1. The van der Waals surface area contributed by atoms with Crippen molar-refractivity contribution in [1.82, 2.24) is 9.88 Å². The lowest BCUT2D eigenvalue weighted by Crippen LogP contribution is -2.38. The van der Waals surface area contributed by atoms with Gasteiger partial charge in [-0.05, 0) is 54.7 Å². The van der Waals surface area contributed by atoms with Crippen molar-refractivity contribution in [2.75, 3.05) is 13.1 Å². The maximum atomic E-state index is 11.4. The molecular weight excluding hydrogens is 336 g/mol. The number of hydrogen-bond acceptors (Lipinski definition) is 3. The second kappa shape index (κ2) is 7.97. The van der Waals surface area contributed by atoms with Gasteiger partial charge in [-0.3, -0.25) is 9.69 Å². The quantitative estimate of drug-likeness (QED) is 0.742. The first kappa shape index (κ1) is 17.8. The SMILES string of the molecule is CCc1ccccc1CN1CCC(Oc2ccc3[nH]c(=O)ccc3c2)CC1. The van der Waals surface area contributed by atoms with Crippen LogP contribution in [0.1, 0.15) is 30.9 Å². The zero-order chi connectivity index (χ0) is 18.6. The van der Waals surface area contributed by atoms with Crippen molar-refractivity contribution in [2.24, 2.45) is 0 Å². The maximum absolute atomic E-state index is 11.4. The van der Waals surface area contributed by atoms with Gasteiger partial charge in [0.25, 0.3) is 0 Å². The van der Waals surface area contributed by atoms with Crippen LogP contribution in [0.2, 0.25) is 0 Å². The summed E-state index contributed by atoms with van der Waals surface area (Å²) in [6, 6.07) is 18.0. The van der Waals surface area contributed by atoms with E-state index in [0.29, 0.717) is 0 Å². The van der Waals surface area contributed by atoms with E-state index in [1.165, 1.54) is 11.1 Å². The summed E-state index contributed by atoms with van der Waals surface area (Å²) in [5.74, 6) is 0.879. The summed E-state index contributed by atoms with van der Waals surface area (Å²) >= 11 is 0. The minimum atomic E-state index is -0.0758. The highest BCUT2D eigenvalue weighted by Gasteiger charge is 2.21. The molecule has 1 aromatic heterocycles. The molecule has 0 radical (unpaired) electrons. The lowest BCUT2D eigenvalue weighted by atomic mass is 10.0. The van der Waals surface area contributed by atoms with Crippen LogP contribution in [0.3, 0.4) is 0 Å². The van der Waals surface area contributed by atoms with Crippen LogP contribution in [0.15, 0.2) is 59.4 Å². The molecule has 0 bridgehead atoms. The van der Waals surface area contributed by atoms with Crippen LogP contribution in [-0.4, -0.2) is 29.1 Å². The Morgan fingerprint density at radius 2 is 1.81 bits per heavy atom. The number of nitrogens with one attached hydrogen (secondary N) is 1. The summed E-state index contributed by atoms with van der Waals surface area (Å²) in [4.78, 5) is 16.8. The molecule has 27 heavy (non-hydrogen) atoms. The molecule has 1 fully saturated rings. The Morgan fingerprint density at radius 3 is 2.59 bits per heavy atom. The van der Waals surface area contributed by atoms with Gasteiger partial charge in [-0.15, -0.1) is 0 Å². The van der Waals surface area contributed by atoms with Gasteiger partial charge in [-0.25, -0.2) is 0 Å². The molecule has 2 heterocycles. The molecule has 1 aliphatic heterocycles. The van der Waals surface area contributed by atoms with Gasteiger partial charge < -0.3 is 9.72 Å². The molecule has 0 aliphatic carbocycles. The minimum Gasteiger partial charge on any atom is -0.490 e. The van der Waals surface area contributed by atoms with Crippen molar-refractivity contribution in [1.29, 1.82) is 0 Å². The first-order valence-corrected chi connectivity index (χ1v) is 9.80. The standard InChI is InChI=1S/C23H26N2O2/c1-2-17-5-3-4-6-19(17)16-25-13-11-20(12-14-25)27-21-8-9-22-18(15-21)7-10-23(26)24-22/h3-10,15,20H,2,11-14,16H2,1H3,(H,24,26). The van der Waals surface area contributed by atoms with Crippen molar-refractivity contribution in [3.05, 3.63) is 76.1 Å². The highest BCUT2D eigenvalue weighted by Crippen LogP contribution is 2.23. The van der Waals surface area contributed by atoms with Crippen LogP contribution in [0.5, 0.6) is 5.75 Å². The van der Waals surface area contributed by atoms with Crippen LogP contribution >= 0.6 is 0 Å². The molecule has 1 N–H and O–H groups in total. The molecule has 3 aromatic rings. The summed E-state index contributed by atoms with van der Waals surface area (Å²) < 4.78 is 6.22. The second-order valence-corrected chi connectivity index (χ2v) is 7.29. The van der Waals surface area contributed by atoms with Crippen LogP contribution in [0, 0.1) is 0 Å². The van der Waals surface area contributed by atoms with E-state index in [2.05, 4.69) is 41.1 Å². The minimum absolute atomic E-state index is 0.0758. The number of aromatic nitrogens is 1. The monoisotopic (exact) mass is 362 g/mol. The van der Waals surface area contributed by atoms with Crippen molar-refractivity contribution in [2.45, 2.75) is 38.8 Å². The smallest absolute Gasteiger partial charge is 0.248 e. The number of benzene rings is 2. The van der Waals surface area contributed by atoms with E-state index >= 15 is 0 Å². The number of likely N-dealkylation sites (tertiary alicyclic amines) is 1. The lowest BCUT2D eigenvalue weighted by Gasteiger charge is -2.32. The molecular formula is C23H26N2O2. The number of fused-ring (bicyclic) bond motifs is 1. The van der Waals surface area contributed by atoms with E-state index in [1.807, 2.05) is 24.3 Å². The van der Waals surface area contributed by atoms with Crippen molar-refractivity contribution >= 4 is 10.9 Å². The fourth-order valence-electron chi connectivity index (χ4n) is 3.88. The van der Waals surface area contributed by atoms with E-state index in [4.69, 9.17) is 4.74 Å². The number of ether oxygens (including phenoxy) is 1. The molecule has 0 atom stereocenters. The Morgan fingerprint density at radius 1 is 1.04 bits per heavy atom. The molecule has 4 nitrogen and oxygen atoms in total. The second-order valence-electron chi connectivity index (χ2n) is 7.29. The normalized spacial score (nSPS) is 15.9. The van der Waals surface area contributed by atoms with Gasteiger partial charge >= 0.3 is 0 Å². The zero-order valence-electron chi connectivity index (χ0n) is 15.8. The molecule has 1 saturated heterocycles. The number of pyridine rings is 1. The van der Waals surface area contributed by atoms with Gasteiger partial charge in [0.15, 0.2) is 0 Å². The average Bonchev–Trinajstić information content (AvgIpc) is 2.70. The number of rotatable bonds is 5. The highest BCUT2D eigenvalue weighted by molar-refractivity contribution is 5.79. The Balaban J connectivity index is 1.35. The predicted molar refractivity (Wildman–Crippen MR) is 109 cm³/mol. The van der Waals surface area contributed by atoms with Gasteiger partial charge in [0.05, 0.1) is 0 Å². The summed E-state index contributed by atoms with van der Waals surface area (Å²) in [5.41, 5.74) is 3.67. The van der Waals surface area contributed by atoms with Crippen LogP contribution in [-0.2, 0) is 13.0 Å². The average molecular weight is 362 g/mol. The largest absolute Gasteiger partial charge is 0.490 e. The lowest BCUT2D eigenvalue weighted by molar-refractivity contribution is 0.0968. The van der Waals surface area contributed by atoms with E-state index in [0.717, 1.165) is 55.5 Å². The fourth-order valence-corrected chi connectivity index (χ4v) is 3.88. The summed E-state index contributed by atoms with van der Waals surface area (Å²) in [5, 5.41) is 1.00. The number of nitrogens with zero attached hydrogens (tertiary/aromatic N) is 1. The van der Waals surface area contributed by atoms with Crippen LogP contribution in [0.4, 0.5) is 0 Å². The number of hydrogen-bond donors (Lipinski definition) is 1. The van der Waals surface area contributed by atoms with Crippen molar-refractivity contribution < 1.29 is 4.74 Å². The number of aryl methyl sites for hydroxylation is 1. The number of aromatic amines is 1. The molecule has 4 heteroatoms. The van der Waals surface area contributed by atoms with Gasteiger partial charge in [0, 0.05) is 36.6 Å². The van der Waals surface area contributed by atoms with E-state index in [1.54, 1.807) is 6.07 Å². The molecule has 0 saturated carbocycles. The van der Waals surface area contributed by atoms with Gasteiger partial charge in [0.1, 0.15) is 11.9 Å². The highest BCUT2D eigenvalue weighted by atomic mass is 16.5. The van der Waals surface area contributed by atoms with E-state index < -0.39 is 0 Å². The summed E-state index contributed by atoms with van der Waals surface area (Å²) in [6.07, 6.45) is 3.42.